The highest BCUT2D eigenvalue weighted by Gasteiger charge is 2.20. The summed E-state index contributed by atoms with van der Waals surface area (Å²) in [6.45, 7) is 2.13. The van der Waals surface area contributed by atoms with E-state index < -0.39 is 18.0 Å². The van der Waals surface area contributed by atoms with Gasteiger partial charge >= 0.3 is 6.09 Å². The lowest BCUT2D eigenvalue weighted by Gasteiger charge is -2.24. The number of hydrogen-bond donors (Lipinski definition) is 3. The number of nitrogens with two attached hydrogens (primary N) is 1. The fourth-order valence-corrected chi connectivity index (χ4v) is 2.07. The van der Waals surface area contributed by atoms with Crippen molar-refractivity contribution < 1.29 is 19.4 Å². The van der Waals surface area contributed by atoms with Gasteiger partial charge in [0.05, 0.1) is 18.8 Å². The molecule has 7 heteroatoms. The van der Waals surface area contributed by atoms with E-state index in [4.69, 9.17) is 15.6 Å². The number of halogens is 1. The number of hydrogen-bond acceptors (Lipinski definition) is 3. The number of primary amides is 1. The van der Waals surface area contributed by atoms with Crippen molar-refractivity contribution >= 4 is 27.9 Å². The molecule has 0 bridgehead atoms. The molecule has 1 rings (SSSR count). The van der Waals surface area contributed by atoms with Crippen LogP contribution in [0.2, 0.25) is 0 Å². The predicted molar refractivity (Wildman–Crippen MR) is 81.8 cm³/mol. The zero-order valence-electron chi connectivity index (χ0n) is 11.7. The van der Waals surface area contributed by atoms with Crippen molar-refractivity contribution in [2.75, 3.05) is 0 Å². The minimum atomic E-state index is -1.15. The van der Waals surface area contributed by atoms with Crippen LogP contribution in [0.25, 0.3) is 0 Å². The van der Waals surface area contributed by atoms with Gasteiger partial charge in [0.25, 0.3) is 0 Å². The summed E-state index contributed by atoms with van der Waals surface area (Å²) in [5.41, 5.74) is 6.07. The highest BCUT2D eigenvalue weighted by atomic mass is 79.9. The Bertz CT molecular complexity index is 478. The molecule has 4 N–H and O–H groups in total. The third kappa shape index (κ3) is 7.10. The van der Waals surface area contributed by atoms with Crippen LogP contribution in [-0.2, 0) is 16.1 Å². The molecular formula is C14H19BrN2O4. The largest absolute Gasteiger partial charge is 0.465 e. The molecule has 0 fully saturated rings. The van der Waals surface area contributed by atoms with E-state index >= 15 is 0 Å². The minimum Gasteiger partial charge on any atom is -0.465 e. The minimum absolute atomic E-state index is 0.108. The van der Waals surface area contributed by atoms with E-state index in [9.17, 15) is 9.59 Å². The molecule has 0 aliphatic rings. The van der Waals surface area contributed by atoms with Crippen LogP contribution in [0, 0.1) is 0 Å². The molecule has 0 aliphatic heterocycles. The fraction of sp³-hybridized carbons (Fsp3) is 0.429. The van der Waals surface area contributed by atoms with Gasteiger partial charge in [0, 0.05) is 10.9 Å². The Labute approximate surface area is 131 Å². The normalized spacial score (nSPS) is 13.4. The molecule has 0 radical (unpaired) electrons. The molecule has 0 saturated heterocycles. The number of benzene rings is 1. The van der Waals surface area contributed by atoms with E-state index in [2.05, 4.69) is 21.2 Å². The average molecular weight is 359 g/mol. The predicted octanol–water partition coefficient (Wildman–Crippen LogP) is 2.26. The number of carbonyl (C=O) groups is 2. The van der Waals surface area contributed by atoms with Crippen LogP contribution in [-0.4, -0.2) is 29.3 Å². The van der Waals surface area contributed by atoms with Gasteiger partial charge in [0.15, 0.2) is 0 Å². The Morgan fingerprint density at radius 2 is 2.00 bits per heavy atom. The van der Waals surface area contributed by atoms with E-state index in [-0.39, 0.29) is 12.5 Å². The molecule has 116 valence electrons. The van der Waals surface area contributed by atoms with Gasteiger partial charge in [-0.2, -0.15) is 0 Å². The Morgan fingerprint density at radius 1 is 1.38 bits per heavy atom. The molecule has 0 unspecified atom stereocenters. The van der Waals surface area contributed by atoms with Crippen LogP contribution in [0.4, 0.5) is 4.79 Å². The van der Waals surface area contributed by atoms with Crippen molar-refractivity contribution in [3.05, 3.63) is 34.3 Å². The summed E-state index contributed by atoms with van der Waals surface area (Å²) in [5.74, 6) is -0.465. The van der Waals surface area contributed by atoms with Gasteiger partial charge in [-0.15, -0.1) is 0 Å². The van der Waals surface area contributed by atoms with E-state index in [1.165, 1.54) is 0 Å². The summed E-state index contributed by atoms with van der Waals surface area (Å²) >= 11 is 3.35. The third-order valence-corrected chi connectivity index (χ3v) is 3.53. The van der Waals surface area contributed by atoms with Gasteiger partial charge in [0.1, 0.15) is 0 Å². The second-order valence-electron chi connectivity index (χ2n) is 4.70. The lowest BCUT2D eigenvalue weighted by Crippen LogP contribution is -2.43. The fourth-order valence-electron chi connectivity index (χ4n) is 1.81. The molecule has 0 aromatic heterocycles. The number of carbonyl (C=O) groups excluding carboxylic acids is 1. The van der Waals surface area contributed by atoms with Crippen molar-refractivity contribution in [3.63, 3.8) is 0 Å². The molecule has 0 aliphatic carbocycles. The van der Waals surface area contributed by atoms with Crippen LogP contribution in [0.1, 0.15) is 25.3 Å². The van der Waals surface area contributed by atoms with Gasteiger partial charge < -0.3 is 20.9 Å². The Kier molecular flexibility index (Phi) is 7.18. The van der Waals surface area contributed by atoms with E-state index in [1.54, 1.807) is 6.92 Å². The summed E-state index contributed by atoms with van der Waals surface area (Å²) in [6, 6.07) is 7.16. The summed E-state index contributed by atoms with van der Waals surface area (Å²) in [4.78, 5) is 21.6. The maximum Gasteiger partial charge on any atom is 0.404 e. The Hall–Kier alpha value is -1.60. The monoisotopic (exact) mass is 358 g/mol. The SMILES string of the molecule is C[C@@H](OCc1ccc(Br)cc1)[C@H](CCC(N)=O)NC(=O)O. The highest BCUT2D eigenvalue weighted by Crippen LogP contribution is 2.13. The van der Waals surface area contributed by atoms with Gasteiger partial charge in [-0.3, -0.25) is 4.79 Å². The van der Waals surface area contributed by atoms with Crippen molar-refractivity contribution in [2.24, 2.45) is 5.73 Å². The second-order valence-corrected chi connectivity index (χ2v) is 5.62. The summed E-state index contributed by atoms with van der Waals surface area (Å²) < 4.78 is 6.65. The number of rotatable bonds is 8. The molecule has 21 heavy (non-hydrogen) atoms. The van der Waals surface area contributed by atoms with Gasteiger partial charge in [0.2, 0.25) is 5.91 Å². The molecule has 2 amide bonds. The zero-order chi connectivity index (χ0) is 15.8. The molecule has 0 spiro atoms. The first kappa shape index (κ1) is 17.5. The lowest BCUT2D eigenvalue weighted by atomic mass is 10.1. The van der Waals surface area contributed by atoms with Crippen molar-refractivity contribution in [1.29, 1.82) is 0 Å². The number of nitrogens with one attached hydrogen (secondary N) is 1. The van der Waals surface area contributed by atoms with Gasteiger partial charge in [-0.1, -0.05) is 28.1 Å². The van der Waals surface area contributed by atoms with Crippen LogP contribution in [0.15, 0.2) is 28.7 Å². The first-order valence-corrected chi connectivity index (χ1v) is 7.31. The van der Waals surface area contributed by atoms with Crippen molar-refractivity contribution in [3.8, 4) is 0 Å². The van der Waals surface area contributed by atoms with E-state index in [1.807, 2.05) is 24.3 Å². The number of carboxylic acid groups (broad SMARTS) is 1. The van der Waals surface area contributed by atoms with Crippen LogP contribution >= 0.6 is 15.9 Å². The first-order chi connectivity index (χ1) is 9.88. The summed E-state index contributed by atoms with van der Waals surface area (Å²) in [6.07, 6.45) is -1.10. The Morgan fingerprint density at radius 3 is 2.52 bits per heavy atom. The maximum absolute atomic E-state index is 10.8. The third-order valence-electron chi connectivity index (χ3n) is 3.00. The van der Waals surface area contributed by atoms with Crippen LogP contribution in [0.3, 0.4) is 0 Å². The summed E-state index contributed by atoms with van der Waals surface area (Å²) in [5, 5.41) is 11.2. The van der Waals surface area contributed by atoms with Crippen molar-refractivity contribution in [1.82, 2.24) is 5.32 Å². The number of ether oxygens (including phenoxy) is 1. The first-order valence-electron chi connectivity index (χ1n) is 6.52. The summed E-state index contributed by atoms with van der Waals surface area (Å²) in [7, 11) is 0. The van der Waals surface area contributed by atoms with Crippen LogP contribution in [0.5, 0.6) is 0 Å². The van der Waals surface area contributed by atoms with Crippen molar-refractivity contribution in [2.45, 2.75) is 38.5 Å². The molecule has 0 saturated carbocycles. The maximum atomic E-state index is 10.8. The van der Waals surface area contributed by atoms with Crippen LogP contribution < -0.4 is 11.1 Å². The molecule has 0 heterocycles. The molecule has 1 aromatic rings. The molecular weight excluding hydrogens is 340 g/mol. The van der Waals surface area contributed by atoms with E-state index in [0.29, 0.717) is 13.0 Å². The smallest absolute Gasteiger partial charge is 0.404 e. The van der Waals surface area contributed by atoms with Gasteiger partial charge in [-0.05, 0) is 31.0 Å². The number of amides is 2. The lowest BCUT2D eigenvalue weighted by molar-refractivity contribution is -0.118. The average Bonchev–Trinajstić information content (AvgIpc) is 2.42. The Balaban J connectivity index is 2.53. The topological polar surface area (TPSA) is 102 Å². The quantitative estimate of drug-likeness (QED) is 0.663. The van der Waals surface area contributed by atoms with E-state index in [0.717, 1.165) is 10.0 Å². The molecule has 1 aromatic carbocycles. The molecule has 6 nitrogen and oxygen atoms in total. The molecule has 2 atom stereocenters. The zero-order valence-corrected chi connectivity index (χ0v) is 13.3. The standard InChI is InChI=1S/C14H19BrN2O4/c1-9(12(17-14(19)20)6-7-13(16)18)21-8-10-2-4-11(15)5-3-10/h2-5,9,12,17H,6-8H2,1H3,(H2,16,18)(H,19,20)/t9-,12+/m1/s1. The van der Waals surface area contributed by atoms with Gasteiger partial charge in [-0.25, -0.2) is 4.79 Å². The highest BCUT2D eigenvalue weighted by molar-refractivity contribution is 9.10. The second kappa shape index (κ2) is 8.63.